The first-order chi connectivity index (χ1) is 14.4. The molecule has 0 radical (unpaired) electrons. The van der Waals surface area contributed by atoms with Crippen molar-refractivity contribution in [2.75, 3.05) is 5.32 Å². The number of nitro groups is 1. The van der Waals surface area contributed by atoms with Gasteiger partial charge in [-0.2, -0.15) is 0 Å². The van der Waals surface area contributed by atoms with Crippen molar-refractivity contribution in [3.05, 3.63) is 69.8 Å². The van der Waals surface area contributed by atoms with Crippen molar-refractivity contribution < 1.29 is 29.2 Å². The molecule has 0 heterocycles. The van der Waals surface area contributed by atoms with Gasteiger partial charge in [-0.05, 0) is 50.6 Å². The van der Waals surface area contributed by atoms with Crippen molar-refractivity contribution in [3.8, 4) is 0 Å². The number of amides is 2. The van der Waals surface area contributed by atoms with E-state index in [1.807, 2.05) is 0 Å². The largest absolute Gasteiger partial charge is 0.478 e. The Hall–Kier alpha value is -3.95. The molecular weight excluding hydrogens is 406 g/mol. The molecule has 31 heavy (non-hydrogen) atoms. The highest BCUT2D eigenvalue weighted by Crippen LogP contribution is 2.15. The van der Waals surface area contributed by atoms with Gasteiger partial charge < -0.3 is 20.5 Å². The molecule has 10 nitrogen and oxygen atoms in total. The minimum atomic E-state index is -1.10. The average molecular weight is 429 g/mol. The van der Waals surface area contributed by atoms with Crippen molar-refractivity contribution in [3.63, 3.8) is 0 Å². The number of hydrogen-bond donors (Lipinski definition) is 3. The summed E-state index contributed by atoms with van der Waals surface area (Å²) in [6, 6.07) is 10.1. The second-order valence-electron chi connectivity index (χ2n) is 7.70. The fourth-order valence-electron chi connectivity index (χ4n) is 2.57. The van der Waals surface area contributed by atoms with Crippen LogP contribution in [-0.4, -0.2) is 39.6 Å². The molecule has 1 atom stereocenters. The molecule has 1 unspecified atom stereocenters. The lowest BCUT2D eigenvalue weighted by Gasteiger charge is -2.23. The van der Waals surface area contributed by atoms with Crippen LogP contribution in [0.1, 0.15) is 36.7 Å². The Balaban J connectivity index is 2.18. The van der Waals surface area contributed by atoms with Gasteiger partial charge in [0.2, 0.25) is 5.91 Å². The van der Waals surface area contributed by atoms with Gasteiger partial charge in [-0.25, -0.2) is 9.59 Å². The zero-order valence-corrected chi connectivity index (χ0v) is 17.2. The zero-order valence-electron chi connectivity index (χ0n) is 17.2. The van der Waals surface area contributed by atoms with Gasteiger partial charge in [0.1, 0.15) is 11.6 Å². The lowest BCUT2D eigenvalue weighted by Crippen LogP contribution is -2.47. The molecule has 0 aliphatic heterocycles. The molecule has 0 aliphatic carbocycles. The number of ether oxygens (including phenoxy) is 1. The van der Waals surface area contributed by atoms with E-state index in [1.165, 1.54) is 48.5 Å². The van der Waals surface area contributed by atoms with Crippen molar-refractivity contribution in [1.29, 1.82) is 0 Å². The van der Waals surface area contributed by atoms with Crippen LogP contribution < -0.4 is 10.6 Å². The van der Waals surface area contributed by atoms with Gasteiger partial charge in [0, 0.05) is 24.2 Å². The number of anilines is 1. The number of alkyl carbamates (subject to hydrolysis) is 1. The number of carbonyl (C=O) groups excluding carboxylic acids is 2. The van der Waals surface area contributed by atoms with Crippen LogP contribution in [0.2, 0.25) is 0 Å². The number of nitrogens with zero attached hydrogens (tertiary/aromatic N) is 1. The van der Waals surface area contributed by atoms with E-state index >= 15 is 0 Å². The van der Waals surface area contributed by atoms with Gasteiger partial charge in [-0.15, -0.1) is 0 Å². The number of non-ortho nitro benzene ring substituents is 1. The number of aromatic carboxylic acids is 1. The SMILES string of the molecule is CC(C)(C)OC(=O)NC(Cc1ccc([N+](=O)[O-])cc1)C(=O)Nc1ccc(C(=O)O)cc1. The van der Waals surface area contributed by atoms with Gasteiger partial charge in [0.25, 0.3) is 5.69 Å². The average Bonchev–Trinajstić information content (AvgIpc) is 2.66. The summed E-state index contributed by atoms with van der Waals surface area (Å²) < 4.78 is 5.21. The summed E-state index contributed by atoms with van der Waals surface area (Å²) in [6.07, 6.45) is -0.744. The highest BCUT2D eigenvalue weighted by molar-refractivity contribution is 5.97. The van der Waals surface area contributed by atoms with E-state index in [0.29, 0.717) is 11.3 Å². The fourth-order valence-corrected chi connectivity index (χ4v) is 2.57. The fraction of sp³-hybridized carbons (Fsp3) is 0.286. The summed E-state index contributed by atoms with van der Waals surface area (Å²) in [5.74, 6) is -1.66. The third-order valence-corrected chi connectivity index (χ3v) is 3.99. The molecule has 2 aromatic carbocycles. The molecule has 0 aromatic heterocycles. The van der Waals surface area contributed by atoms with Crippen LogP contribution in [0.15, 0.2) is 48.5 Å². The molecule has 0 saturated heterocycles. The molecule has 164 valence electrons. The first-order valence-electron chi connectivity index (χ1n) is 9.31. The lowest BCUT2D eigenvalue weighted by molar-refractivity contribution is -0.384. The number of carboxylic acid groups (broad SMARTS) is 1. The van der Waals surface area contributed by atoms with Gasteiger partial charge in [0.15, 0.2) is 0 Å². The summed E-state index contributed by atoms with van der Waals surface area (Å²) in [7, 11) is 0. The van der Waals surface area contributed by atoms with Crippen molar-refractivity contribution in [2.45, 2.75) is 38.8 Å². The molecule has 0 aliphatic rings. The normalized spacial score (nSPS) is 11.8. The Kier molecular flexibility index (Phi) is 7.30. The molecule has 2 rings (SSSR count). The maximum absolute atomic E-state index is 12.8. The van der Waals surface area contributed by atoms with Crippen molar-refractivity contribution >= 4 is 29.3 Å². The predicted octanol–water partition coefficient (Wildman–Crippen LogP) is 3.37. The van der Waals surface area contributed by atoms with Crippen LogP contribution in [0.25, 0.3) is 0 Å². The van der Waals surface area contributed by atoms with E-state index in [2.05, 4.69) is 10.6 Å². The van der Waals surface area contributed by atoms with E-state index < -0.39 is 34.5 Å². The van der Waals surface area contributed by atoms with Crippen LogP contribution in [0.4, 0.5) is 16.2 Å². The molecule has 0 bridgehead atoms. The molecule has 2 aromatic rings. The first kappa shape index (κ1) is 23.3. The van der Waals surface area contributed by atoms with Gasteiger partial charge in [0.05, 0.1) is 10.5 Å². The number of rotatable bonds is 7. The lowest BCUT2D eigenvalue weighted by atomic mass is 10.0. The Labute approximate surface area is 178 Å². The van der Waals surface area contributed by atoms with E-state index in [0.717, 1.165) is 0 Å². The Morgan fingerprint density at radius 1 is 1.06 bits per heavy atom. The highest BCUT2D eigenvalue weighted by atomic mass is 16.6. The Morgan fingerprint density at radius 3 is 2.13 bits per heavy atom. The molecule has 0 fully saturated rings. The predicted molar refractivity (Wildman–Crippen MR) is 112 cm³/mol. The van der Waals surface area contributed by atoms with Gasteiger partial charge in [-0.1, -0.05) is 12.1 Å². The smallest absolute Gasteiger partial charge is 0.408 e. The monoisotopic (exact) mass is 429 g/mol. The van der Waals surface area contributed by atoms with E-state index in [-0.39, 0.29) is 17.7 Å². The number of hydrogen-bond acceptors (Lipinski definition) is 6. The number of nitrogens with one attached hydrogen (secondary N) is 2. The second-order valence-corrected chi connectivity index (χ2v) is 7.70. The summed E-state index contributed by atoms with van der Waals surface area (Å²) in [5.41, 5.74) is 0.124. The molecule has 0 spiro atoms. The van der Waals surface area contributed by atoms with Crippen LogP contribution in [0, 0.1) is 10.1 Å². The van der Waals surface area contributed by atoms with Gasteiger partial charge >= 0.3 is 12.1 Å². The molecule has 2 amide bonds. The zero-order chi connectivity index (χ0) is 23.2. The molecule has 3 N–H and O–H groups in total. The molecule has 10 heteroatoms. The number of carbonyl (C=O) groups is 3. The van der Waals surface area contributed by atoms with Crippen LogP contribution in [0.5, 0.6) is 0 Å². The third kappa shape index (κ3) is 7.42. The summed E-state index contributed by atoms with van der Waals surface area (Å²) in [4.78, 5) is 46.3. The second kappa shape index (κ2) is 9.70. The molecular formula is C21H23N3O7. The maximum atomic E-state index is 12.8. The minimum absolute atomic E-state index is 0.0519. The van der Waals surface area contributed by atoms with E-state index in [9.17, 15) is 24.5 Å². The summed E-state index contributed by atoms with van der Waals surface area (Å²) in [5, 5.41) is 24.9. The quantitative estimate of drug-likeness (QED) is 0.451. The highest BCUT2D eigenvalue weighted by Gasteiger charge is 2.25. The topological polar surface area (TPSA) is 148 Å². The Morgan fingerprint density at radius 2 is 1.65 bits per heavy atom. The van der Waals surface area contributed by atoms with Gasteiger partial charge in [-0.3, -0.25) is 14.9 Å². The first-order valence-corrected chi connectivity index (χ1v) is 9.31. The standard InChI is InChI=1S/C21H23N3O7/c1-21(2,3)31-20(28)23-17(12-13-4-10-16(11-5-13)24(29)30)18(25)22-15-8-6-14(7-9-15)19(26)27/h4-11,17H,12H2,1-3H3,(H,22,25)(H,23,28)(H,26,27). The van der Waals surface area contributed by atoms with Crippen LogP contribution in [-0.2, 0) is 16.0 Å². The van der Waals surface area contributed by atoms with E-state index in [1.54, 1.807) is 20.8 Å². The maximum Gasteiger partial charge on any atom is 0.408 e. The number of nitro benzene ring substituents is 1. The number of benzene rings is 2. The number of carboxylic acids is 1. The van der Waals surface area contributed by atoms with E-state index in [4.69, 9.17) is 9.84 Å². The molecule has 0 saturated carbocycles. The van der Waals surface area contributed by atoms with Crippen molar-refractivity contribution in [2.24, 2.45) is 0 Å². The van der Waals surface area contributed by atoms with Crippen molar-refractivity contribution in [1.82, 2.24) is 5.32 Å². The Bertz CT molecular complexity index is 964. The van der Waals surface area contributed by atoms with Crippen LogP contribution >= 0.6 is 0 Å². The summed E-state index contributed by atoms with van der Waals surface area (Å²) in [6.45, 7) is 5.05. The van der Waals surface area contributed by atoms with Crippen LogP contribution in [0.3, 0.4) is 0 Å². The minimum Gasteiger partial charge on any atom is -0.478 e. The summed E-state index contributed by atoms with van der Waals surface area (Å²) >= 11 is 0. The third-order valence-electron chi connectivity index (χ3n) is 3.99.